The fourth-order valence-corrected chi connectivity index (χ4v) is 2.60. The molecule has 5 nitrogen and oxygen atoms in total. The third kappa shape index (κ3) is 2.41. The van der Waals surface area contributed by atoms with Crippen molar-refractivity contribution in [1.29, 1.82) is 0 Å². The first kappa shape index (κ1) is 13.1. The van der Waals surface area contributed by atoms with Gasteiger partial charge in [-0.3, -0.25) is 0 Å². The van der Waals surface area contributed by atoms with Crippen molar-refractivity contribution in [3.05, 3.63) is 30.1 Å². The second-order valence-electron chi connectivity index (χ2n) is 5.62. The molecule has 1 unspecified atom stereocenters. The summed E-state index contributed by atoms with van der Waals surface area (Å²) in [5.41, 5.74) is 8.01. The van der Waals surface area contributed by atoms with E-state index in [1.807, 2.05) is 18.8 Å². The Balaban J connectivity index is 1.86. The summed E-state index contributed by atoms with van der Waals surface area (Å²) in [5.74, 6) is 2.44. The predicted octanol–water partition coefficient (Wildman–Crippen LogP) is 1.53. The minimum atomic E-state index is 0.535. The lowest BCUT2D eigenvalue weighted by Gasteiger charge is -2.20. The van der Waals surface area contributed by atoms with Gasteiger partial charge >= 0.3 is 0 Å². The van der Waals surface area contributed by atoms with E-state index in [-0.39, 0.29) is 0 Å². The maximum atomic E-state index is 5.76. The van der Waals surface area contributed by atoms with E-state index in [0.717, 1.165) is 43.1 Å². The van der Waals surface area contributed by atoms with Crippen LogP contribution in [0.25, 0.3) is 11.4 Å². The molecular formula is C15H21N5. The molecule has 2 aromatic rings. The topological polar surface area (TPSA) is 60.0 Å². The van der Waals surface area contributed by atoms with E-state index in [1.165, 1.54) is 5.69 Å². The lowest BCUT2D eigenvalue weighted by Crippen LogP contribution is -2.27. The predicted molar refractivity (Wildman–Crippen MR) is 80.7 cm³/mol. The number of nitrogens with two attached hydrogens (primary N) is 1. The molecule has 0 amide bonds. The molecule has 0 fully saturated rings. The molecule has 1 aromatic carbocycles. The molecule has 0 radical (unpaired) electrons. The molecule has 106 valence electrons. The Bertz CT molecular complexity index is 585. The Kier molecular flexibility index (Phi) is 3.44. The van der Waals surface area contributed by atoms with Crippen molar-refractivity contribution < 1.29 is 0 Å². The Labute approximate surface area is 119 Å². The lowest BCUT2D eigenvalue weighted by molar-refractivity contribution is 0.350. The van der Waals surface area contributed by atoms with Crippen LogP contribution in [0.15, 0.2) is 24.3 Å². The average Bonchev–Trinajstić information content (AvgIpc) is 2.90. The zero-order chi connectivity index (χ0) is 14.1. The second-order valence-corrected chi connectivity index (χ2v) is 5.62. The zero-order valence-electron chi connectivity index (χ0n) is 12.1. The molecule has 0 spiro atoms. The Hall–Kier alpha value is -1.88. The molecule has 0 aliphatic carbocycles. The normalized spacial score (nSPS) is 17.9. The van der Waals surface area contributed by atoms with Gasteiger partial charge in [0.05, 0.1) is 0 Å². The van der Waals surface area contributed by atoms with Crippen LogP contribution in [0, 0.1) is 5.92 Å². The van der Waals surface area contributed by atoms with Gasteiger partial charge in [0.15, 0.2) is 5.82 Å². The fourth-order valence-electron chi connectivity index (χ4n) is 2.60. The maximum Gasteiger partial charge on any atom is 0.181 e. The van der Waals surface area contributed by atoms with Gasteiger partial charge in [-0.25, -0.2) is 9.67 Å². The number of anilines is 1. The highest BCUT2D eigenvalue weighted by atomic mass is 15.4. The van der Waals surface area contributed by atoms with Crippen molar-refractivity contribution in [2.75, 3.05) is 25.5 Å². The van der Waals surface area contributed by atoms with E-state index in [9.17, 15) is 0 Å². The van der Waals surface area contributed by atoms with Gasteiger partial charge in [-0.2, -0.15) is 5.10 Å². The van der Waals surface area contributed by atoms with Gasteiger partial charge in [0.25, 0.3) is 0 Å². The molecule has 1 aliphatic rings. The van der Waals surface area contributed by atoms with Crippen LogP contribution in [-0.4, -0.2) is 35.4 Å². The molecule has 5 heteroatoms. The molecule has 2 heterocycles. The molecule has 1 aliphatic heterocycles. The molecular weight excluding hydrogens is 250 g/mol. The van der Waals surface area contributed by atoms with Gasteiger partial charge in [-0.1, -0.05) is 0 Å². The first-order valence-electron chi connectivity index (χ1n) is 7.09. The standard InChI is InChI=1S/C15H21N5/c1-19(2)13-6-4-12(5-7-13)15-17-14-8-3-11(9-16)10-20(14)18-15/h4-7,11H,3,8-10,16H2,1-2H3. The van der Waals surface area contributed by atoms with E-state index < -0.39 is 0 Å². The van der Waals surface area contributed by atoms with Crippen molar-refractivity contribution in [2.45, 2.75) is 19.4 Å². The summed E-state index contributed by atoms with van der Waals surface area (Å²) < 4.78 is 2.02. The maximum absolute atomic E-state index is 5.76. The summed E-state index contributed by atoms with van der Waals surface area (Å²) in [6.45, 7) is 1.63. The summed E-state index contributed by atoms with van der Waals surface area (Å²) in [7, 11) is 4.07. The van der Waals surface area contributed by atoms with Crippen LogP contribution >= 0.6 is 0 Å². The number of nitrogens with zero attached hydrogens (tertiary/aromatic N) is 4. The van der Waals surface area contributed by atoms with E-state index >= 15 is 0 Å². The van der Waals surface area contributed by atoms with Gasteiger partial charge in [-0.15, -0.1) is 0 Å². The van der Waals surface area contributed by atoms with Gasteiger partial charge in [-0.05, 0) is 43.1 Å². The largest absolute Gasteiger partial charge is 0.378 e. The fraction of sp³-hybridized carbons (Fsp3) is 0.467. The highest BCUT2D eigenvalue weighted by Gasteiger charge is 2.20. The van der Waals surface area contributed by atoms with Crippen LogP contribution in [0.1, 0.15) is 12.2 Å². The summed E-state index contributed by atoms with van der Waals surface area (Å²) in [5, 5.41) is 4.63. The minimum Gasteiger partial charge on any atom is -0.378 e. The van der Waals surface area contributed by atoms with Crippen molar-refractivity contribution in [3.8, 4) is 11.4 Å². The summed E-state index contributed by atoms with van der Waals surface area (Å²) >= 11 is 0. The van der Waals surface area contributed by atoms with Crippen LogP contribution < -0.4 is 10.6 Å². The highest BCUT2D eigenvalue weighted by Crippen LogP contribution is 2.23. The van der Waals surface area contributed by atoms with Crippen LogP contribution in [0.3, 0.4) is 0 Å². The van der Waals surface area contributed by atoms with Gasteiger partial charge in [0.1, 0.15) is 5.82 Å². The monoisotopic (exact) mass is 271 g/mol. The van der Waals surface area contributed by atoms with E-state index in [4.69, 9.17) is 5.73 Å². The number of aryl methyl sites for hydroxylation is 1. The van der Waals surface area contributed by atoms with Crippen LogP contribution in [0.4, 0.5) is 5.69 Å². The van der Waals surface area contributed by atoms with Gasteiger partial charge in [0, 0.05) is 38.3 Å². The second kappa shape index (κ2) is 5.25. The number of benzene rings is 1. The highest BCUT2D eigenvalue weighted by molar-refractivity contribution is 5.60. The number of hydrogen-bond acceptors (Lipinski definition) is 4. The van der Waals surface area contributed by atoms with Gasteiger partial charge in [0.2, 0.25) is 0 Å². The smallest absolute Gasteiger partial charge is 0.181 e. The Morgan fingerprint density at radius 1 is 1.30 bits per heavy atom. The summed E-state index contributed by atoms with van der Waals surface area (Å²) in [4.78, 5) is 6.75. The Morgan fingerprint density at radius 2 is 2.05 bits per heavy atom. The number of hydrogen-bond donors (Lipinski definition) is 1. The van der Waals surface area contributed by atoms with Crippen molar-refractivity contribution in [2.24, 2.45) is 11.7 Å². The first-order valence-corrected chi connectivity index (χ1v) is 7.09. The molecule has 0 saturated carbocycles. The van der Waals surface area contributed by atoms with Crippen LogP contribution in [0.2, 0.25) is 0 Å². The van der Waals surface area contributed by atoms with Crippen LogP contribution in [0.5, 0.6) is 0 Å². The zero-order valence-corrected chi connectivity index (χ0v) is 12.1. The minimum absolute atomic E-state index is 0.535. The molecule has 1 aromatic heterocycles. The number of fused-ring (bicyclic) bond motifs is 1. The number of rotatable bonds is 3. The molecule has 0 saturated heterocycles. The summed E-state index contributed by atoms with van der Waals surface area (Å²) in [6, 6.07) is 8.35. The average molecular weight is 271 g/mol. The summed E-state index contributed by atoms with van der Waals surface area (Å²) in [6.07, 6.45) is 2.10. The molecule has 1 atom stereocenters. The molecule has 0 bridgehead atoms. The lowest BCUT2D eigenvalue weighted by atomic mass is 10.0. The first-order chi connectivity index (χ1) is 9.67. The third-order valence-electron chi connectivity index (χ3n) is 3.93. The van der Waals surface area contributed by atoms with Crippen molar-refractivity contribution >= 4 is 5.69 Å². The van der Waals surface area contributed by atoms with E-state index in [2.05, 4.69) is 39.2 Å². The molecule has 3 rings (SSSR count). The van der Waals surface area contributed by atoms with E-state index in [1.54, 1.807) is 0 Å². The third-order valence-corrected chi connectivity index (χ3v) is 3.93. The Morgan fingerprint density at radius 3 is 2.70 bits per heavy atom. The SMILES string of the molecule is CN(C)c1ccc(-c2nc3n(n2)CC(CN)CC3)cc1. The number of aromatic nitrogens is 3. The molecule has 2 N–H and O–H groups in total. The van der Waals surface area contributed by atoms with Crippen molar-refractivity contribution in [3.63, 3.8) is 0 Å². The van der Waals surface area contributed by atoms with Gasteiger partial charge < -0.3 is 10.6 Å². The quantitative estimate of drug-likeness (QED) is 0.919. The van der Waals surface area contributed by atoms with Crippen LogP contribution in [-0.2, 0) is 13.0 Å². The van der Waals surface area contributed by atoms with Crippen molar-refractivity contribution in [1.82, 2.24) is 14.8 Å². The molecule has 20 heavy (non-hydrogen) atoms. The van der Waals surface area contributed by atoms with E-state index in [0.29, 0.717) is 5.92 Å².